The molecular formula is C14H17BrN2O3. The molecule has 1 aromatic carbocycles. The molecule has 0 atom stereocenters. The van der Waals surface area contributed by atoms with Crippen LogP contribution in [0.15, 0.2) is 16.6 Å². The number of amides is 1. The van der Waals surface area contributed by atoms with Gasteiger partial charge in [-0.1, -0.05) is 0 Å². The van der Waals surface area contributed by atoms with E-state index in [1.807, 2.05) is 6.07 Å². The van der Waals surface area contributed by atoms with Crippen LogP contribution in [0.2, 0.25) is 0 Å². The Hall–Kier alpha value is -1.27. The maximum Gasteiger partial charge on any atom is 0.226 e. The Kier molecular flexibility index (Phi) is 3.60. The van der Waals surface area contributed by atoms with Gasteiger partial charge in [-0.2, -0.15) is 0 Å². The van der Waals surface area contributed by atoms with Crippen LogP contribution < -0.4 is 20.5 Å². The van der Waals surface area contributed by atoms with Crippen molar-refractivity contribution in [2.45, 2.75) is 31.2 Å². The summed E-state index contributed by atoms with van der Waals surface area (Å²) < 4.78 is 11.8. The number of rotatable bonds is 3. The van der Waals surface area contributed by atoms with E-state index >= 15 is 0 Å². The Morgan fingerprint density at radius 3 is 2.55 bits per heavy atom. The number of nitrogens with two attached hydrogens (primary N) is 1. The summed E-state index contributed by atoms with van der Waals surface area (Å²) in [6.07, 6.45) is 3.30. The maximum absolute atomic E-state index is 12.1. The fourth-order valence-electron chi connectivity index (χ4n) is 2.48. The highest BCUT2D eigenvalue weighted by Gasteiger charge is 2.34. The zero-order valence-electron chi connectivity index (χ0n) is 11.1. The third-order valence-electron chi connectivity index (χ3n) is 3.77. The first-order valence-corrected chi connectivity index (χ1v) is 7.53. The zero-order valence-corrected chi connectivity index (χ0v) is 12.7. The third kappa shape index (κ3) is 2.76. The predicted octanol–water partition coefficient (Wildman–Crippen LogP) is 2.43. The van der Waals surface area contributed by atoms with Gasteiger partial charge in [0.15, 0.2) is 11.5 Å². The Balaban J connectivity index is 1.72. The van der Waals surface area contributed by atoms with E-state index in [-0.39, 0.29) is 11.4 Å². The van der Waals surface area contributed by atoms with Gasteiger partial charge in [0.25, 0.3) is 0 Å². The van der Waals surface area contributed by atoms with Crippen molar-refractivity contribution in [2.24, 2.45) is 5.73 Å². The van der Waals surface area contributed by atoms with Crippen LogP contribution in [0.4, 0.5) is 5.69 Å². The summed E-state index contributed by atoms with van der Waals surface area (Å²) in [5.74, 6) is 1.28. The number of fused-ring (bicyclic) bond motifs is 1. The molecule has 1 aromatic rings. The first-order valence-electron chi connectivity index (χ1n) is 6.74. The van der Waals surface area contributed by atoms with Crippen molar-refractivity contribution >= 4 is 27.5 Å². The average molecular weight is 341 g/mol. The molecule has 3 rings (SSSR count). The summed E-state index contributed by atoms with van der Waals surface area (Å²) in [5.41, 5.74) is 6.46. The number of benzene rings is 1. The van der Waals surface area contributed by atoms with Crippen molar-refractivity contribution in [3.63, 3.8) is 0 Å². The molecule has 3 N–H and O–H groups in total. The maximum atomic E-state index is 12.1. The lowest BCUT2D eigenvalue weighted by molar-refractivity contribution is -0.118. The van der Waals surface area contributed by atoms with Crippen LogP contribution in [-0.4, -0.2) is 24.7 Å². The van der Waals surface area contributed by atoms with E-state index in [0.717, 1.165) is 23.7 Å². The molecule has 0 aromatic heterocycles. The van der Waals surface area contributed by atoms with Gasteiger partial charge in [0.2, 0.25) is 5.91 Å². The normalized spacial score (nSPS) is 19.1. The second kappa shape index (κ2) is 5.26. The molecule has 1 saturated carbocycles. The van der Waals surface area contributed by atoms with Gasteiger partial charge >= 0.3 is 0 Å². The van der Waals surface area contributed by atoms with Crippen molar-refractivity contribution in [1.82, 2.24) is 0 Å². The van der Waals surface area contributed by atoms with Crippen LogP contribution in [0.25, 0.3) is 0 Å². The van der Waals surface area contributed by atoms with Gasteiger partial charge in [0.1, 0.15) is 13.2 Å². The molecule has 6 heteroatoms. The molecule has 1 aliphatic heterocycles. The molecule has 0 bridgehead atoms. The summed E-state index contributed by atoms with van der Waals surface area (Å²) in [6.45, 7) is 1.06. The number of hydrogen-bond donors (Lipinski definition) is 2. The summed E-state index contributed by atoms with van der Waals surface area (Å²) in [7, 11) is 0. The van der Waals surface area contributed by atoms with Gasteiger partial charge < -0.3 is 20.5 Å². The highest BCUT2D eigenvalue weighted by Crippen LogP contribution is 2.38. The smallest absolute Gasteiger partial charge is 0.226 e. The number of carbonyl (C=O) groups is 1. The van der Waals surface area contributed by atoms with Crippen molar-refractivity contribution in [3.05, 3.63) is 16.6 Å². The fourth-order valence-corrected chi connectivity index (χ4v) is 2.90. The molecule has 1 amide bonds. The molecule has 5 nitrogen and oxygen atoms in total. The van der Waals surface area contributed by atoms with Crippen LogP contribution in [-0.2, 0) is 4.79 Å². The molecule has 20 heavy (non-hydrogen) atoms. The van der Waals surface area contributed by atoms with Crippen LogP contribution in [0.1, 0.15) is 25.7 Å². The molecule has 0 spiro atoms. The molecular weight excluding hydrogens is 324 g/mol. The van der Waals surface area contributed by atoms with Crippen LogP contribution in [0.3, 0.4) is 0 Å². The lowest BCUT2D eigenvalue weighted by atomic mass is 9.75. The molecule has 1 aliphatic carbocycles. The van der Waals surface area contributed by atoms with E-state index in [4.69, 9.17) is 15.2 Å². The molecule has 2 aliphatic rings. The molecule has 1 heterocycles. The monoisotopic (exact) mass is 340 g/mol. The second-order valence-electron chi connectivity index (χ2n) is 5.42. The van der Waals surface area contributed by atoms with Gasteiger partial charge in [-0.15, -0.1) is 0 Å². The lowest BCUT2D eigenvalue weighted by Crippen LogP contribution is -2.48. The van der Waals surface area contributed by atoms with Crippen molar-refractivity contribution in [3.8, 4) is 11.5 Å². The van der Waals surface area contributed by atoms with Crippen molar-refractivity contribution in [2.75, 3.05) is 18.5 Å². The number of nitrogens with one attached hydrogen (secondary N) is 1. The lowest BCUT2D eigenvalue weighted by Gasteiger charge is -2.37. The predicted molar refractivity (Wildman–Crippen MR) is 79.1 cm³/mol. The van der Waals surface area contributed by atoms with E-state index in [0.29, 0.717) is 36.8 Å². The number of carbonyl (C=O) groups excluding carboxylic acids is 1. The summed E-state index contributed by atoms with van der Waals surface area (Å²) in [4.78, 5) is 12.1. The SMILES string of the molecule is NC1(CC(=O)Nc2cc3c(cc2Br)OCCO3)CCC1. The number of halogens is 1. The van der Waals surface area contributed by atoms with E-state index in [9.17, 15) is 4.79 Å². The van der Waals surface area contributed by atoms with Gasteiger partial charge in [0, 0.05) is 28.6 Å². The number of ether oxygens (including phenoxy) is 2. The summed E-state index contributed by atoms with van der Waals surface area (Å²) in [5, 5.41) is 2.88. The minimum absolute atomic E-state index is 0.0652. The Morgan fingerprint density at radius 1 is 1.30 bits per heavy atom. The topological polar surface area (TPSA) is 73.6 Å². The standard InChI is InChI=1S/C14H17BrN2O3/c15-9-6-11-12(20-5-4-19-11)7-10(9)17-13(18)8-14(16)2-1-3-14/h6-7H,1-5,8,16H2,(H,17,18). The molecule has 0 unspecified atom stereocenters. The van der Waals surface area contributed by atoms with E-state index in [1.165, 1.54) is 0 Å². The van der Waals surface area contributed by atoms with Crippen molar-refractivity contribution < 1.29 is 14.3 Å². The Bertz CT molecular complexity index is 543. The van der Waals surface area contributed by atoms with Crippen molar-refractivity contribution in [1.29, 1.82) is 0 Å². The fraction of sp³-hybridized carbons (Fsp3) is 0.500. The quantitative estimate of drug-likeness (QED) is 0.886. The molecule has 0 saturated heterocycles. The minimum Gasteiger partial charge on any atom is -0.486 e. The zero-order chi connectivity index (χ0) is 14.2. The van der Waals surface area contributed by atoms with Gasteiger partial charge in [0.05, 0.1) is 5.69 Å². The highest BCUT2D eigenvalue weighted by molar-refractivity contribution is 9.10. The molecule has 0 radical (unpaired) electrons. The van der Waals surface area contributed by atoms with Crippen LogP contribution >= 0.6 is 15.9 Å². The van der Waals surface area contributed by atoms with Gasteiger partial charge in [-0.25, -0.2) is 0 Å². The van der Waals surface area contributed by atoms with Gasteiger partial charge in [-0.05, 0) is 35.2 Å². The second-order valence-corrected chi connectivity index (χ2v) is 6.27. The summed E-state index contributed by atoms with van der Waals surface area (Å²) in [6, 6.07) is 3.59. The third-order valence-corrected chi connectivity index (χ3v) is 4.42. The molecule has 108 valence electrons. The van der Waals surface area contributed by atoms with Gasteiger partial charge in [-0.3, -0.25) is 4.79 Å². The van der Waals surface area contributed by atoms with E-state index < -0.39 is 0 Å². The van der Waals surface area contributed by atoms with Crippen LogP contribution in [0, 0.1) is 0 Å². The van der Waals surface area contributed by atoms with Crippen LogP contribution in [0.5, 0.6) is 11.5 Å². The number of hydrogen-bond acceptors (Lipinski definition) is 4. The Morgan fingerprint density at radius 2 is 1.95 bits per heavy atom. The van der Waals surface area contributed by atoms with E-state index in [1.54, 1.807) is 6.07 Å². The first-order chi connectivity index (χ1) is 9.56. The molecule has 1 fully saturated rings. The average Bonchev–Trinajstić information content (AvgIpc) is 2.37. The highest BCUT2D eigenvalue weighted by atomic mass is 79.9. The summed E-state index contributed by atoms with van der Waals surface area (Å²) >= 11 is 3.43. The number of anilines is 1. The minimum atomic E-state index is -0.315. The van der Waals surface area contributed by atoms with E-state index in [2.05, 4.69) is 21.2 Å². The first kappa shape index (κ1) is 13.7. The largest absolute Gasteiger partial charge is 0.486 e. The Labute approximate surface area is 125 Å².